The van der Waals surface area contributed by atoms with Crippen LogP contribution in [0.2, 0.25) is 0 Å². The first-order chi connectivity index (χ1) is 11.2. The molecule has 0 saturated heterocycles. The van der Waals surface area contributed by atoms with Crippen molar-refractivity contribution in [2.75, 3.05) is 27.2 Å². The average molecular weight is 312 g/mol. The van der Waals surface area contributed by atoms with E-state index in [1.165, 1.54) is 5.56 Å². The Hall–Kier alpha value is -2.33. The van der Waals surface area contributed by atoms with Gasteiger partial charge in [0.1, 0.15) is 5.75 Å². The number of rotatable bonds is 8. The molecule has 0 aliphatic rings. The van der Waals surface area contributed by atoms with Crippen LogP contribution in [0.3, 0.4) is 0 Å². The average Bonchev–Trinajstić information content (AvgIpc) is 2.59. The number of hydrogen-bond acceptors (Lipinski definition) is 3. The predicted octanol–water partition coefficient (Wildman–Crippen LogP) is 2.95. The third-order valence-electron chi connectivity index (χ3n) is 3.63. The molecule has 0 aromatic heterocycles. The van der Waals surface area contributed by atoms with Crippen molar-refractivity contribution in [3.63, 3.8) is 0 Å². The molecule has 122 valence electrons. The van der Waals surface area contributed by atoms with E-state index in [1.54, 1.807) is 19.2 Å². The van der Waals surface area contributed by atoms with Gasteiger partial charge in [0, 0.05) is 18.7 Å². The minimum atomic E-state index is -0.0605. The molecule has 1 N–H and O–H groups in total. The lowest BCUT2D eigenvalue weighted by molar-refractivity contribution is 0.0951. The topological polar surface area (TPSA) is 41.6 Å². The zero-order chi connectivity index (χ0) is 16.5. The van der Waals surface area contributed by atoms with Crippen molar-refractivity contribution >= 4 is 5.91 Å². The number of methoxy groups -OCH3 is 1. The molecule has 0 fully saturated rings. The Morgan fingerprint density at radius 3 is 2.65 bits per heavy atom. The fraction of sp³-hybridized carbons (Fsp3) is 0.316. The standard InChI is InChI=1S/C19H24N2O2/c1-21(15-16-8-4-3-5-9-16)13-7-12-20-19(22)17-10-6-11-18(14-17)23-2/h3-6,8-11,14H,7,12-13,15H2,1-2H3,(H,20,22). The molecular weight excluding hydrogens is 288 g/mol. The van der Waals surface area contributed by atoms with Gasteiger partial charge in [0.2, 0.25) is 0 Å². The molecule has 4 nitrogen and oxygen atoms in total. The Balaban J connectivity index is 1.69. The maximum Gasteiger partial charge on any atom is 0.251 e. The summed E-state index contributed by atoms with van der Waals surface area (Å²) in [5, 5.41) is 2.95. The molecule has 2 rings (SSSR count). The summed E-state index contributed by atoms with van der Waals surface area (Å²) in [4.78, 5) is 14.3. The molecule has 0 radical (unpaired) electrons. The summed E-state index contributed by atoms with van der Waals surface area (Å²) in [5.41, 5.74) is 1.93. The third-order valence-corrected chi connectivity index (χ3v) is 3.63. The first-order valence-electron chi connectivity index (χ1n) is 7.84. The quantitative estimate of drug-likeness (QED) is 0.762. The van der Waals surface area contributed by atoms with E-state index < -0.39 is 0 Å². The van der Waals surface area contributed by atoms with Crippen LogP contribution >= 0.6 is 0 Å². The third kappa shape index (κ3) is 5.75. The summed E-state index contributed by atoms with van der Waals surface area (Å²) in [6.07, 6.45) is 0.916. The van der Waals surface area contributed by atoms with Gasteiger partial charge in [0.25, 0.3) is 5.91 Å². The summed E-state index contributed by atoms with van der Waals surface area (Å²) >= 11 is 0. The normalized spacial score (nSPS) is 10.6. The number of ether oxygens (including phenoxy) is 1. The van der Waals surface area contributed by atoms with E-state index in [0.29, 0.717) is 17.9 Å². The predicted molar refractivity (Wildman–Crippen MR) is 92.7 cm³/mol. The van der Waals surface area contributed by atoms with E-state index >= 15 is 0 Å². The number of amides is 1. The Labute approximate surface area is 138 Å². The molecule has 1 amide bonds. The van der Waals surface area contributed by atoms with E-state index in [0.717, 1.165) is 19.5 Å². The van der Waals surface area contributed by atoms with Crippen LogP contribution in [0.25, 0.3) is 0 Å². The van der Waals surface area contributed by atoms with Gasteiger partial charge in [-0.05, 0) is 43.8 Å². The minimum absolute atomic E-state index is 0.0605. The van der Waals surface area contributed by atoms with Gasteiger partial charge in [-0.2, -0.15) is 0 Å². The van der Waals surface area contributed by atoms with Gasteiger partial charge in [0.05, 0.1) is 7.11 Å². The summed E-state index contributed by atoms with van der Waals surface area (Å²) in [5.74, 6) is 0.634. The van der Waals surface area contributed by atoms with Crippen molar-refractivity contribution in [3.8, 4) is 5.75 Å². The molecule has 0 spiro atoms. The second-order valence-corrected chi connectivity index (χ2v) is 5.56. The molecular formula is C19H24N2O2. The van der Waals surface area contributed by atoms with Crippen molar-refractivity contribution in [1.82, 2.24) is 10.2 Å². The highest BCUT2D eigenvalue weighted by molar-refractivity contribution is 5.94. The van der Waals surface area contributed by atoms with Crippen LogP contribution in [0.15, 0.2) is 54.6 Å². The Morgan fingerprint density at radius 2 is 1.91 bits per heavy atom. The summed E-state index contributed by atoms with van der Waals surface area (Å²) in [7, 11) is 3.69. The molecule has 2 aromatic carbocycles. The summed E-state index contributed by atoms with van der Waals surface area (Å²) in [6, 6.07) is 17.6. The highest BCUT2D eigenvalue weighted by atomic mass is 16.5. The number of carbonyl (C=O) groups is 1. The Kier molecular flexibility index (Phi) is 6.63. The van der Waals surface area contributed by atoms with Crippen molar-refractivity contribution in [2.24, 2.45) is 0 Å². The molecule has 0 aliphatic carbocycles. The number of carbonyl (C=O) groups excluding carboxylic acids is 1. The number of nitrogens with one attached hydrogen (secondary N) is 1. The monoisotopic (exact) mass is 312 g/mol. The molecule has 23 heavy (non-hydrogen) atoms. The van der Waals surface area contributed by atoms with Crippen LogP contribution in [-0.4, -0.2) is 38.1 Å². The summed E-state index contributed by atoms with van der Waals surface area (Å²) < 4.78 is 5.13. The van der Waals surface area contributed by atoms with Gasteiger partial charge < -0.3 is 15.0 Å². The van der Waals surface area contributed by atoms with E-state index in [1.807, 2.05) is 18.2 Å². The van der Waals surface area contributed by atoms with Crippen LogP contribution < -0.4 is 10.1 Å². The molecule has 0 aliphatic heterocycles. The van der Waals surface area contributed by atoms with Gasteiger partial charge in [-0.25, -0.2) is 0 Å². The SMILES string of the molecule is COc1cccc(C(=O)NCCCN(C)Cc2ccccc2)c1. The lowest BCUT2D eigenvalue weighted by Gasteiger charge is -2.16. The lowest BCUT2D eigenvalue weighted by atomic mass is 10.2. The molecule has 0 bridgehead atoms. The lowest BCUT2D eigenvalue weighted by Crippen LogP contribution is -2.28. The minimum Gasteiger partial charge on any atom is -0.497 e. The molecule has 4 heteroatoms. The van der Waals surface area contributed by atoms with Crippen molar-refractivity contribution in [3.05, 3.63) is 65.7 Å². The molecule has 0 heterocycles. The van der Waals surface area contributed by atoms with Crippen molar-refractivity contribution in [1.29, 1.82) is 0 Å². The molecule has 0 unspecified atom stereocenters. The highest BCUT2D eigenvalue weighted by Gasteiger charge is 2.06. The van der Waals surface area contributed by atoms with Gasteiger partial charge in [0.15, 0.2) is 0 Å². The van der Waals surface area contributed by atoms with Crippen LogP contribution in [0.5, 0.6) is 5.75 Å². The fourth-order valence-corrected chi connectivity index (χ4v) is 2.39. The van der Waals surface area contributed by atoms with Gasteiger partial charge in [-0.3, -0.25) is 4.79 Å². The van der Waals surface area contributed by atoms with Crippen molar-refractivity contribution < 1.29 is 9.53 Å². The van der Waals surface area contributed by atoms with Crippen LogP contribution in [-0.2, 0) is 6.54 Å². The highest BCUT2D eigenvalue weighted by Crippen LogP contribution is 2.12. The maximum atomic E-state index is 12.1. The molecule has 2 aromatic rings. The Bertz CT molecular complexity index is 614. The van der Waals surface area contributed by atoms with E-state index in [2.05, 4.69) is 41.5 Å². The second kappa shape index (κ2) is 8.96. The smallest absolute Gasteiger partial charge is 0.251 e. The number of benzene rings is 2. The first-order valence-corrected chi connectivity index (χ1v) is 7.84. The fourth-order valence-electron chi connectivity index (χ4n) is 2.39. The number of hydrogen-bond donors (Lipinski definition) is 1. The zero-order valence-corrected chi connectivity index (χ0v) is 13.8. The second-order valence-electron chi connectivity index (χ2n) is 5.56. The van der Waals surface area contributed by atoms with E-state index in [-0.39, 0.29) is 5.91 Å². The molecule has 0 atom stereocenters. The van der Waals surface area contributed by atoms with Crippen LogP contribution in [0.1, 0.15) is 22.3 Å². The van der Waals surface area contributed by atoms with E-state index in [4.69, 9.17) is 4.74 Å². The van der Waals surface area contributed by atoms with Gasteiger partial charge >= 0.3 is 0 Å². The van der Waals surface area contributed by atoms with Gasteiger partial charge in [-0.1, -0.05) is 36.4 Å². The first kappa shape index (κ1) is 17.0. The maximum absolute atomic E-state index is 12.1. The Morgan fingerprint density at radius 1 is 1.13 bits per heavy atom. The number of nitrogens with zero attached hydrogens (tertiary/aromatic N) is 1. The zero-order valence-electron chi connectivity index (χ0n) is 13.8. The molecule has 0 saturated carbocycles. The largest absolute Gasteiger partial charge is 0.497 e. The van der Waals surface area contributed by atoms with Crippen LogP contribution in [0.4, 0.5) is 0 Å². The van der Waals surface area contributed by atoms with E-state index in [9.17, 15) is 4.79 Å². The van der Waals surface area contributed by atoms with Gasteiger partial charge in [-0.15, -0.1) is 0 Å². The van der Waals surface area contributed by atoms with Crippen molar-refractivity contribution in [2.45, 2.75) is 13.0 Å². The van der Waals surface area contributed by atoms with Crippen LogP contribution in [0, 0.1) is 0 Å². The summed E-state index contributed by atoms with van der Waals surface area (Å²) in [6.45, 7) is 2.52.